The number of carbonyl (C=O) groups is 2. The number of pyridine rings is 1. The molecular weight excluding hydrogens is 448 g/mol. The fraction of sp³-hybridized carbons (Fsp3) is 0.0800. The van der Waals surface area contributed by atoms with E-state index >= 15 is 0 Å². The molecule has 3 heterocycles. The maximum atomic E-state index is 12.9. The van der Waals surface area contributed by atoms with Crippen LogP contribution in [0.5, 0.6) is 0 Å². The quantitative estimate of drug-likeness (QED) is 0.351. The van der Waals surface area contributed by atoms with Crippen molar-refractivity contribution in [3.8, 4) is 0 Å². The van der Waals surface area contributed by atoms with Crippen LogP contribution in [0.4, 0.5) is 10.5 Å². The molecule has 0 aliphatic rings. The molecule has 10 nitrogen and oxygen atoms in total. The lowest BCUT2D eigenvalue weighted by Crippen LogP contribution is -2.27. The Morgan fingerprint density at radius 1 is 1.00 bits per heavy atom. The topological polar surface area (TPSA) is 130 Å². The Hall–Kier alpha value is -4.99. The highest BCUT2D eigenvalue weighted by Gasteiger charge is 2.16. The minimum absolute atomic E-state index is 0.0601. The van der Waals surface area contributed by atoms with Crippen LogP contribution in [-0.2, 0) is 17.9 Å². The number of nitrogens with one attached hydrogen (secondary N) is 3. The number of ether oxygens (including phenoxy) is 1. The average molecular weight is 468 g/mol. The van der Waals surface area contributed by atoms with Gasteiger partial charge in [0.1, 0.15) is 18.1 Å². The molecule has 0 fully saturated rings. The molecule has 0 unspecified atom stereocenters. The third kappa shape index (κ3) is 4.71. The first kappa shape index (κ1) is 21.8. The van der Waals surface area contributed by atoms with Crippen molar-refractivity contribution >= 4 is 34.4 Å². The van der Waals surface area contributed by atoms with E-state index in [1.807, 2.05) is 54.6 Å². The Balaban J connectivity index is 1.30. The van der Waals surface area contributed by atoms with Crippen LogP contribution in [0.15, 0.2) is 83.9 Å². The predicted molar refractivity (Wildman–Crippen MR) is 129 cm³/mol. The van der Waals surface area contributed by atoms with Gasteiger partial charge in [-0.25, -0.2) is 14.8 Å². The number of H-pyrrole nitrogens is 1. The summed E-state index contributed by atoms with van der Waals surface area (Å²) in [5.41, 5.74) is 2.24. The Morgan fingerprint density at radius 2 is 1.80 bits per heavy atom. The van der Waals surface area contributed by atoms with Crippen molar-refractivity contribution in [3.63, 3.8) is 0 Å². The van der Waals surface area contributed by atoms with Gasteiger partial charge in [0.15, 0.2) is 5.65 Å². The Kier molecular flexibility index (Phi) is 5.91. The van der Waals surface area contributed by atoms with E-state index in [2.05, 4.69) is 25.6 Å². The highest BCUT2D eigenvalue weighted by atomic mass is 16.5. The van der Waals surface area contributed by atoms with E-state index in [0.717, 1.165) is 16.6 Å². The van der Waals surface area contributed by atoms with Crippen LogP contribution in [-0.4, -0.2) is 31.4 Å². The van der Waals surface area contributed by atoms with Crippen molar-refractivity contribution in [2.75, 3.05) is 5.32 Å². The highest BCUT2D eigenvalue weighted by Crippen LogP contribution is 2.12. The van der Waals surface area contributed by atoms with Gasteiger partial charge in [0.2, 0.25) is 0 Å². The first-order valence-corrected chi connectivity index (χ1v) is 10.8. The summed E-state index contributed by atoms with van der Waals surface area (Å²) >= 11 is 0. The monoisotopic (exact) mass is 468 g/mol. The smallest absolute Gasteiger partial charge is 0.412 e. The Bertz CT molecular complexity index is 1560. The minimum Gasteiger partial charge on any atom is -0.444 e. The molecule has 0 aliphatic heterocycles. The molecule has 0 aliphatic carbocycles. The van der Waals surface area contributed by atoms with Gasteiger partial charge in [-0.15, -0.1) is 0 Å². The molecule has 0 radical (unpaired) electrons. The molecule has 3 aromatic heterocycles. The van der Waals surface area contributed by atoms with Gasteiger partial charge < -0.3 is 15.0 Å². The van der Waals surface area contributed by atoms with Crippen LogP contribution in [0.1, 0.15) is 21.7 Å². The molecule has 35 heavy (non-hydrogen) atoms. The largest absolute Gasteiger partial charge is 0.444 e. The summed E-state index contributed by atoms with van der Waals surface area (Å²) in [6, 6.07) is 19.9. The Morgan fingerprint density at radius 3 is 2.63 bits per heavy atom. The van der Waals surface area contributed by atoms with E-state index in [-0.39, 0.29) is 30.0 Å². The lowest BCUT2D eigenvalue weighted by Gasteiger charge is -2.10. The molecule has 2 amide bonds. The zero-order chi connectivity index (χ0) is 24.2. The molecule has 0 saturated heterocycles. The van der Waals surface area contributed by atoms with Crippen molar-refractivity contribution in [2.24, 2.45) is 0 Å². The van der Waals surface area contributed by atoms with Crippen molar-refractivity contribution in [1.82, 2.24) is 24.7 Å². The zero-order valence-corrected chi connectivity index (χ0v) is 18.4. The van der Waals surface area contributed by atoms with E-state index in [4.69, 9.17) is 4.74 Å². The third-order valence-corrected chi connectivity index (χ3v) is 5.28. The van der Waals surface area contributed by atoms with Crippen molar-refractivity contribution < 1.29 is 14.3 Å². The number of imidazole rings is 1. The maximum absolute atomic E-state index is 12.9. The molecule has 5 rings (SSSR count). The molecule has 174 valence electrons. The minimum atomic E-state index is -0.785. The summed E-state index contributed by atoms with van der Waals surface area (Å²) in [4.78, 5) is 49.7. The van der Waals surface area contributed by atoms with E-state index < -0.39 is 17.6 Å². The third-order valence-electron chi connectivity index (χ3n) is 5.28. The summed E-state index contributed by atoms with van der Waals surface area (Å²) in [6.07, 6.45) is 1.89. The average Bonchev–Trinajstić information content (AvgIpc) is 3.31. The molecule has 0 bridgehead atoms. The van der Waals surface area contributed by atoms with E-state index in [1.165, 1.54) is 16.8 Å². The number of nitrogens with zero attached hydrogens (tertiary/aromatic N) is 3. The normalized spacial score (nSPS) is 10.9. The van der Waals surface area contributed by atoms with Crippen molar-refractivity contribution in [1.29, 1.82) is 0 Å². The molecule has 3 N–H and O–H groups in total. The SMILES string of the molecule is O=C(Nc1cnc2c(C(=O)NCc3nc4ccccc4[nH]3)cccn2c1=O)OCc1ccccc1. The number of rotatable bonds is 6. The van der Waals surface area contributed by atoms with Gasteiger partial charge in [-0.05, 0) is 29.8 Å². The molecule has 10 heteroatoms. The lowest BCUT2D eigenvalue weighted by atomic mass is 10.2. The van der Waals surface area contributed by atoms with Crippen molar-refractivity contribution in [2.45, 2.75) is 13.2 Å². The number of benzene rings is 2. The maximum Gasteiger partial charge on any atom is 0.412 e. The predicted octanol–water partition coefficient (Wildman–Crippen LogP) is 3.25. The van der Waals surface area contributed by atoms with Crippen LogP contribution < -0.4 is 16.2 Å². The zero-order valence-electron chi connectivity index (χ0n) is 18.4. The summed E-state index contributed by atoms with van der Waals surface area (Å²) < 4.78 is 6.36. The number of aromatic amines is 1. The number of anilines is 1. The number of hydrogen-bond donors (Lipinski definition) is 3. The van der Waals surface area contributed by atoms with Crippen LogP contribution >= 0.6 is 0 Å². The molecule has 0 saturated carbocycles. The van der Waals surface area contributed by atoms with E-state index in [1.54, 1.807) is 12.1 Å². The fourth-order valence-electron chi connectivity index (χ4n) is 3.59. The number of para-hydroxylation sites is 2. The molecule has 0 atom stereocenters. The van der Waals surface area contributed by atoms with Gasteiger partial charge >= 0.3 is 6.09 Å². The van der Waals surface area contributed by atoms with Gasteiger partial charge in [-0.3, -0.25) is 19.3 Å². The Labute approximate surface area is 198 Å². The second-order valence-electron chi connectivity index (χ2n) is 7.66. The molecule has 2 aromatic carbocycles. The standard InChI is InChI=1S/C25H20N6O4/c32-23(27-14-21-28-18-10-4-5-11-19(18)29-21)17-9-6-12-31-22(17)26-13-20(24(31)33)30-25(34)35-15-16-7-2-1-3-8-16/h1-13H,14-15H2,(H,27,32)(H,28,29)(H,30,34). The number of fused-ring (bicyclic) bond motifs is 2. The van der Waals surface area contributed by atoms with Crippen LogP contribution in [0.3, 0.4) is 0 Å². The van der Waals surface area contributed by atoms with Gasteiger partial charge in [0.25, 0.3) is 11.5 Å². The number of hydrogen-bond acceptors (Lipinski definition) is 6. The molecule has 5 aromatic rings. The highest BCUT2D eigenvalue weighted by molar-refractivity contribution is 5.99. The van der Waals surface area contributed by atoms with Crippen LogP contribution in [0.2, 0.25) is 0 Å². The summed E-state index contributed by atoms with van der Waals surface area (Å²) in [5, 5.41) is 5.20. The van der Waals surface area contributed by atoms with Gasteiger partial charge in [0, 0.05) is 6.20 Å². The molecule has 0 spiro atoms. The summed E-state index contributed by atoms with van der Waals surface area (Å²) in [6.45, 7) is 0.232. The fourth-order valence-corrected chi connectivity index (χ4v) is 3.59. The first-order valence-electron chi connectivity index (χ1n) is 10.8. The summed E-state index contributed by atoms with van der Waals surface area (Å²) in [5.74, 6) is 0.184. The number of carbonyl (C=O) groups excluding carboxylic acids is 2. The van der Waals surface area contributed by atoms with Crippen molar-refractivity contribution in [3.05, 3.63) is 106 Å². The second-order valence-corrected chi connectivity index (χ2v) is 7.66. The second kappa shape index (κ2) is 9.48. The van der Waals surface area contributed by atoms with E-state index in [0.29, 0.717) is 5.82 Å². The van der Waals surface area contributed by atoms with Crippen LogP contribution in [0, 0.1) is 0 Å². The van der Waals surface area contributed by atoms with Gasteiger partial charge in [0.05, 0.1) is 29.3 Å². The van der Waals surface area contributed by atoms with Gasteiger partial charge in [-0.1, -0.05) is 42.5 Å². The number of amides is 2. The van der Waals surface area contributed by atoms with E-state index in [9.17, 15) is 14.4 Å². The lowest BCUT2D eigenvalue weighted by molar-refractivity contribution is 0.0951. The van der Waals surface area contributed by atoms with Gasteiger partial charge in [-0.2, -0.15) is 0 Å². The molecular formula is C25H20N6O4. The van der Waals surface area contributed by atoms with Crippen LogP contribution in [0.25, 0.3) is 16.7 Å². The summed E-state index contributed by atoms with van der Waals surface area (Å²) in [7, 11) is 0. The number of aromatic nitrogens is 4. The first-order chi connectivity index (χ1) is 17.1.